The molecule has 9 heteroatoms. The third kappa shape index (κ3) is 6.67. The average molecular weight is 509 g/mol. The van der Waals surface area contributed by atoms with Gasteiger partial charge in [-0.2, -0.15) is 0 Å². The lowest BCUT2D eigenvalue weighted by atomic mass is 9.78. The second-order valence-electron chi connectivity index (χ2n) is 9.80. The lowest BCUT2D eigenvalue weighted by Gasteiger charge is -2.27. The third-order valence-corrected chi connectivity index (χ3v) is 7.32. The molecule has 0 heterocycles. The summed E-state index contributed by atoms with van der Waals surface area (Å²) < 4.78 is 5.85. The van der Waals surface area contributed by atoms with Crippen molar-refractivity contribution in [2.75, 3.05) is 10.6 Å². The first kappa shape index (κ1) is 26.2. The molecule has 0 unspecified atom stereocenters. The van der Waals surface area contributed by atoms with Crippen molar-refractivity contribution in [3.05, 3.63) is 48.5 Å². The highest BCUT2D eigenvalue weighted by atomic mass is 16.5. The van der Waals surface area contributed by atoms with Crippen molar-refractivity contribution in [1.82, 2.24) is 0 Å². The molecule has 4 rings (SSSR count). The maximum atomic E-state index is 12.7. The summed E-state index contributed by atoms with van der Waals surface area (Å²) in [4.78, 5) is 48.3. The molecule has 0 aromatic heterocycles. The number of nitrogens with one attached hydrogen (secondary N) is 2. The Morgan fingerprint density at radius 2 is 0.892 bits per heavy atom. The molecule has 0 aliphatic heterocycles. The fourth-order valence-electron chi connectivity index (χ4n) is 5.30. The molecule has 4 N–H and O–H groups in total. The van der Waals surface area contributed by atoms with Gasteiger partial charge < -0.3 is 25.6 Å². The number of carbonyl (C=O) groups is 4. The van der Waals surface area contributed by atoms with Crippen LogP contribution in [0.5, 0.6) is 11.5 Å². The first-order valence-electron chi connectivity index (χ1n) is 12.8. The van der Waals surface area contributed by atoms with Crippen LogP contribution in [0.15, 0.2) is 48.5 Å². The highest BCUT2D eigenvalue weighted by Crippen LogP contribution is 2.33. The van der Waals surface area contributed by atoms with Crippen LogP contribution in [0.2, 0.25) is 0 Å². The largest absolute Gasteiger partial charge is 0.481 e. The highest BCUT2D eigenvalue weighted by molar-refractivity contribution is 5.96. The zero-order chi connectivity index (χ0) is 26.4. The number of carboxylic acids is 2. The van der Waals surface area contributed by atoms with Crippen LogP contribution in [0.3, 0.4) is 0 Å². The van der Waals surface area contributed by atoms with E-state index in [1.165, 1.54) is 0 Å². The van der Waals surface area contributed by atoms with Crippen LogP contribution < -0.4 is 15.4 Å². The molecule has 0 spiro atoms. The van der Waals surface area contributed by atoms with Gasteiger partial charge in [0.05, 0.1) is 23.7 Å². The molecular weight excluding hydrogens is 476 g/mol. The van der Waals surface area contributed by atoms with Gasteiger partial charge in [0.2, 0.25) is 11.8 Å². The van der Waals surface area contributed by atoms with E-state index >= 15 is 0 Å². The van der Waals surface area contributed by atoms with E-state index in [1.807, 2.05) is 0 Å². The zero-order valence-corrected chi connectivity index (χ0v) is 20.5. The Bertz CT molecular complexity index is 1040. The van der Waals surface area contributed by atoms with Gasteiger partial charge >= 0.3 is 11.9 Å². The molecule has 4 atom stereocenters. The Hall–Kier alpha value is -3.88. The number of amides is 2. The second-order valence-corrected chi connectivity index (χ2v) is 9.80. The van der Waals surface area contributed by atoms with Crippen molar-refractivity contribution in [3.8, 4) is 11.5 Å². The van der Waals surface area contributed by atoms with E-state index < -0.39 is 35.6 Å². The van der Waals surface area contributed by atoms with Gasteiger partial charge in [-0.15, -0.1) is 0 Å². The summed E-state index contributed by atoms with van der Waals surface area (Å²) in [5.41, 5.74) is 1.13. The summed E-state index contributed by atoms with van der Waals surface area (Å²) in [5, 5.41) is 24.5. The maximum absolute atomic E-state index is 12.7. The minimum atomic E-state index is -0.923. The number of ether oxygens (including phenoxy) is 1. The molecule has 2 aliphatic rings. The van der Waals surface area contributed by atoms with Crippen LogP contribution in [-0.2, 0) is 19.2 Å². The normalized spacial score (nSPS) is 23.5. The van der Waals surface area contributed by atoms with E-state index in [0.29, 0.717) is 48.6 Å². The summed E-state index contributed by atoms with van der Waals surface area (Å²) in [6.07, 6.45) is 5.53. The molecule has 2 saturated carbocycles. The van der Waals surface area contributed by atoms with Gasteiger partial charge in [0.1, 0.15) is 11.5 Å². The molecule has 2 aromatic carbocycles. The van der Waals surface area contributed by atoms with E-state index in [-0.39, 0.29) is 11.8 Å². The van der Waals surface area contributed by atoms with Crippen LogP contribution >= 0.6 is 0 Å². The lowest BCUT2D eigenvalue weighted by molar-refractivity contribution is -0.148. The molecule has 2 aromatic rings. The van der Waals surface area contributed by atoms with E-state index in [2.05, 4.69) is 10.6 Å². The molecule has 196 valence electrons. The predicted molar refractivity (Wildman–Crippen MR) is 136 cm³/mol. The van der Waals surface area contributed by atoms with Crippen LogP contribution in [0.1, 0.15) is 51.4 Å². The quantitative estimate of drug-likeness (QED) is 0.387. The van der Waals surface area contributed by atoms with Gasteiger partial charge in [-0.3, -0.25) is 19.2 Å². The van der Waals surface area contributed by atoms with Crippen molar-refractivity contribution >= 4 is 35.1 Å². The van der Waals surface area contributed by atoms with Gasteiger partial charge in [-0.05, 0) is 74.2 Å². The number of rotatable bonds is 8. The highest BCUT2D eigenvalue weighted by Gasteiger charge is 2.36. The van der Waals surface area contributed by atoms with Crippen molar-refractivity contribution in [2.24, 2.45) is 23.7 Å². The van der Waals surface area contributed by atoms with Gasteiger partial charge in [0, 0.05) is 11.4 Å². The fourth-order valence-corrected chi connectivity index (χ4v) is 5.30. The van der Waals surface area contributed by atoms with E-state index in [0.717, 1.165) is 25.7 Å². The van der Waals surface area contributed by atoms with Crippen molar-refractivity contribution in [3.63, 3.8) is 0 Å². The number of hydrogen-bond donors (Lipinski definition) is 4. The summed E-state index contributed by atoms with van der Waals surface area (Å²) in [5.74, 6) is -3.67. The number of aliphatic carboxylic acids is 2. The Kier molecular flexibility index (Phi) is 8.43. The smallest absolute Gasteiger partial charge is 0.307 e. The monoisotopic (exact) mass is 508 g/mol. The Morgan fingerprint density at radius 3 is 1.22 bits per heavy atom. The van der Waals surface area contributed by atoms with Crippen molar-refractivity contribution < 1.29 is 34.1 Å². The van der Waals surface area contributed by atoms with Crippen LogP contribution in [0.4, 0.5) is 11.4 Å². The fraction of sp³-hybridized carbons (Fsp3) is 0.429. The topological polar surface area (TPSA) is 142 Å². The summed E-state index contributed by atoms with van der Waals surface area (Å²) in [6.45, 7) is 0. The van der Waals surface area contributed by atoms with Gasteiger partial charge in [-0.25, -0.2) is 0 Å². The molecular formula is C28H32N2O7. The molecule has 9 nitrogen and oxygen atoms in total. The second kappa shape index (κ2) is 11.9. The summed E-state index contributed by atoms with van der Waals surface area (Å²) >= 11 is 0. The minimum absolute atomic E-state index is 0.277. The summed E-state index contributed by atoms with van der Waals surface area (Å²) in [6, 6.07) is 13.6. The van der Waals surface area contributed by atoms with E-state index in [4.69, 9.17) is 4.74 Å². The van der Waals surface area contributed by atoms with Crippen molar-refractivity contribution in [1.29, 1.82) is 0 Å². The number of hydrogen-bond acceptors (Lipinski definition) is 5. The van der Waals surface area contributed by atoms with Crippen LogP contribution in [-0.4, -0.2) is 34.0 Å². The minimum Gasteiger partial charge on any atom is -0.481 e. The van der Waals surface area contributed by atoms with E-state index in [9.17, 15) is 29.4 Å². The Labute approximate surface area is 215 Å². The molecule has 0 saturated heterocycles. The first-order valence-corrected chi connectivity index (χ1v) is 12.8. The number of carbonyl (C=O) groups excluding carboxylic acids is 2. The Morgan fingerprint density at radius 1 is 0.568 bits per heavy atom. The SMILES string of the molecule is O=C(O)[C@H]1CCCC[C@H]1C(=O)Nc1ccc(Oc2ccc(NC(=O)[C@@H]3CCCC[C@@H]3C(=O)O)cc2)cc1. The van der Waals surface area contributed by atoms with E-state index in [1.54, 1.807) is 48.5 Å². The van der Waals surface area contributed by atoms with Crippen molar-refractivity contribution in [2.45, 2.75) is 51.4 Å². The molecule has 2 fully saturated rings. The van der Waals surface area contributed by atoms with Crippen LogP contribution in [0, 0.1) is 23.7 Å². The molecule has 0 radical (unpaired) electrons. The Balaban J connectivity index is 1.31. The molecule has 2 aliphatic carbocycles. The van der Waals surface area contributed by atoms with Crippen LogP contribution in [0.25, 0.3) is 0 Å². The first-order chi connectivity index (χ1) is 17.8. The molecule has 37 heavy (non-hydrogen) atoms. The zero-order valence-electron chi connectivity index (χ0n) is 20.5. The third-order valence-electron chi connectivity index (χ3n) is 7.32. The lowest BCUT2D eigenvalue weighted by Crippen LogP contribution is -2.36. The number of anilines is 2. The van der Waals surface area contributed by atoms with Gasteiger partial charge in [-0.1, -0.05) is 25.7 Å². The predicted octanol–water partition coefficient (Wildman–Crippen LogP) is 5.14. The number of carboxylic acid groups (broad SMARTS) is 2. The van der Waals surface area contributed by atoms with Gasteiger partial charge in [0.25, 0.3) is 0 Å². The molecule has 0 bridgehead atoms. The summed E-state index contributed by atoms with van der Waals surface area (Å²) in [7, 11) is 0. The average Bonchev–Trinajstić information content (AvgIpc) is 2.90. The van der Waals surface area contributed by atoms with Gasteiger partial charge in [0.15, 0.2) is 0 Å². The number of benzene rings is 2. The maximum Gasteiger partial charge on any atom is 0.307 e. The molecule has 2 amide bonds. The standard InChI is InChI=1S/C28H32N2O7/c31-25(21-5-1-3-7-23(21)27(33)34)29-17-9-13-19(14-10-17)37-20-15-11-18(12-16-20)30-26(32)22-6-2-4-8-24(22)28(35)36/h9-16,21-24H,1-8H2,(H,29,31)(H,30,32)(H,33,34)(H,35,36)/t21-,22-,23+,24+/m1/s1.